The van der Waals surface area contributed by atoms with Gasteiger partial charge in [0, 0.05) is 26.2 Å². The second kappa shape index (κ2) is 10.1. The van der Waals surface area contributed by atoms with Crippen molar-refractivity contribution in [2.75, 3.05) is 50.0 Å². The Bertz CT molecular complexity index is 1320. The zero-order chi connectivity index (χ0) is 25.2. The van der Waals surface area contributed by atoms with Gasteiger partial charge in [0.15, 0.2) is 5.75 Å². The first kappa shape index (κ1) is 24.0. The number of nitrogens with one attached hydrogen (secondary N) is 2. The standard InChI is InChI=1S/C27H30N4O5/c1-2-20(17-7-4-3-5-8-17)28-22-23(26(34)25(22)33)29-21-10-6-9-19(24(21)32)27(35)31-12-11-30-13-14-36-16-18(30)15-31/h3-10,18,20,28-29,32H,2,11-16H2,1H3/t18?,20-/m1/s1. The number of carbonyl (C=O) groups excluding carboxylic acids is 1. The van der Waals surface area contributed by atoms with Crippen LogP contribution in [-0.4, -0.2) is 66.2 Å². The molecule has 3 aromatic carbocycles. The summed E-state index contributed by atoms with van der Waals surface area (Å²) in [4.78, 5) is 42.1. The third-order valence-corrected chi connectivity index (χ3v) is 7.09. The van der Waals surface area contributed by atoms with Gasteiger partial charge in [-0.3, -0.25) is 19.3 Å². The molecule has 2 saturated heterocycles. The number of carbonyl (C=O) groups is 1. The van der Waals surface area contributed by atoms with Gasteiger partial charge in [-0.05, 0) is 24.1 Å². The molecule has 0 spiro atoms. The van der Waals surface area contributed by atoms with E-state index in [9.17, 15) is 19.5 Å². The van der Waals surface area contributed by atoms with Crippen LogP contribution in [0.5, 0.6) is 5.75 Å². The summed E-state index contributed by atoms with van der Waals surface area (Å²) in [7, 11) is 0. The van der Waals surface area contributed by atoms with E-state index in [1.807, 2.05) is 37.3 Å². The van der Waals surface area contributed by atoms with Crippen LogP contribution in [0.25, 0.3) is 0 Å². The van der Waals surface area contributed by atoms with Crippen molar-refractivity contribution in [1.82, 2.24) is 9.80 Å². The Labute approximate surface area is 209 Å². The lowest BCUT2D eigenvalue weighted by Gasteiger charge is -2.43. The van der Waals surface area contributed by atoms with Crippen molar-refractivity contribution in [1.29, 1.82) is 0 Å². The van der Waals surface area contributed by atoms with Crippen molar-refractivity contribution in [3.63, 3.8) is 0 Å². The van der Waals surface area contributed by atoms with Gasteiger partial charge in [-0.15, -0.1) is 0 Å². The summed E-state index contributed by atoms with van der Waals surface area (Å²) in [5.41, 5.74) is 0.342. The van der Waals surface area contributed by atoms with Crippen molar-refractivity contribution in [2.45, 2.75) is 25.4 Å². The van der Waals surface area contributed by atoms with Crippen LogP contribution in [0.2, 0.25) is 0 Å². The maximum absolute atomic E-state index is 13.3. The fraction of sp³-hybridized carbons (Fsp3) is 0.370. The summed E-state index contributed by atoms with van der Waals surface area (Å²) in [5, 5.41) is 17.0. The lowest BCUT2D eigenvalue weighted by atomic mass is 10.0. The molecule has 36 heavy (non-hydrogen) atoms. The molecule has 5 rings (SSSR count). The third-order valence-electron chi connectivity index (χ3n) is 7.09. The number of anilines is 3. The highest BCUT2D eigenvalue weighted by Gasteiger charge is 2.33. The van der Waals surface area contributed by atoms with E-state index >= 15 is 0 Å². The lowest BCUT2D eigenvalue weighted by Crippen LogP contribution is -2.59. The zero-order valence-electron chi connectivity index (χ0n) is 20.2. The molecule has 1 unspecified atom stereocenters. The molecule has 9 heteroatoms. The first-order valence-electron chi connectivity index (χ1n) is 12.3. The average Bonchev–Trinajstić information content (AvgIpc) is 2.93. The summed E-state index contributed by atoms with van der Waals surface area (Å²) < 4.78 is 5.56. The summed E-state index contributed by atoms with van der Waals surface area (Å²) >= 11 is 0. The predicted octanol–water partition coefficient (Wildman–Crippen LogP) is 2.45. The van der Waals surface area contributed by atoms with Crippen LogP contribution in [0.1, 0.15) is 35.3 Å². The van der Waals surface area contributed by atoms with Gasteiger partial charge in [-0.1, -0.05) is 43.3 Å². The van der Waals surface area contributed by atoms with Gasteiger partial charge in [0.2, 0.25) is 0 Å². The molecular formula is C27H30N4O5. The fourth-order valence-corrected chi connectivity index (χ4v) is 4.98. The molecule has 3 aromatic rings. The van der Waals surface area contributed by atoms with Crippen LogP contribution >= 0.6 is 0 Å². The van der Waals surface area contributed by atoms with Crippen LogP contribution in [-0.2, 0) is 4.74 Å². The van der Waals surface area contributed by atoms with Gasteiger partial charge in [-0.25, -0.2) is 0 Å². The lowest BCUT2D eigenvalue weighted by molar-refractivity contribution is -0.0395. The van der Waals surface area contributed by atoms with Crippen LogP contribution in [0, 0.1) is 0 Å². The summed E-state index contributed by atoms with van der Waals surface area (Å²) in [6.07, 6.45) is 0.705. The van der Waals surface area contributed by atoms with E-state index in [4.69, 9.17) is 4.74 Å². The maximum Gasteiger partial charge on any atom is 0.257 e. The highest BCUT2D eigenvalue weighted by molar-refractivity contribution is 5.99. The molecule has 188 valence electrons. The first-order chi connectivity index (χ1) is 17.5. The SMILES string of the molecule is CC[C@@H](Nc1c(Nc2cccc(C(=O)N3CCN4CCOCC4C3)c2O)c(=O)c1=O)c1ccccc1. The van der Waals surface area contributed by atoms with Crippen LogP contribution in [0.4, 0.5) is 17.1 Å². The Hall–Kier alpha value is -3.69. The molecule has 3 N–H and O–H groups in total. The predicted molar refractivity (Wildman–Crippen MR) is 138 cm³/mol. The quantitative estimate of drug-likeness (QED) is 0.342. The molecule has 0 aliphatic carbocycles. The number of hydrogen-bond acceptors (Lipinski definition) is 8. The second-order valence-corrected chi connectivity index (χ2v) is 9.27. The molecule has 0 aromatic heterocycles. The Kier molecular flexibility index (Phi) is 6.75. The average molecular weight is 491 g/mol. The smallest absolute Gasteiger partial charge is 0.257 e. The Morgan fingerprint density at radius 1 is 1.06 bits per heavy atom. The highest BCUT2D eigenvalue weighted by atomic mass is 16.5. The number of hydrogen-bond donors (Lipinski definition) is 3. The largest absolute Gasteiger partial charge is 0.505 e. The number of para-hydroxylation sites is 1. The number of benzene rings is 2. The van der Waals surface area contributed by atoms with Gasteiger partial charge in [0.1, 0.15) is 11.4 Å². The molecule has 2 atom stereocenters. The Morgan fingerprint density at radius 3 is 2.61 bits per heavy atom. The maximum atomic E-state index is 13.3. The van der Waals surface area contributed by atoms with Gasteiger partial charge in [0.05, 0.1) is 36.5 Å². The number of ether oxygens (including phenoxy) is 1. The van der Waals surface area contributed by atoms with Crippen molar-refractivity contribution >= 4 is 23.0 Å². The number of phenolic OH excluding ortho intramolecular Hbond substituents is 1. The number of fused-ring (bicyclic) bond motifs is 1. The van der Waals surface area contributed by atoms with E-state index in [1.54, 1.807) is 23.1 Å². The molecule has 2 heterocycles. The second-order valence-electron chi connectivity index (χ2n) is 9.27. The van der Waals surface area contributed by atoms with E-state index in [2.05, 4.69) is 15.5 Å². The van der Waals surface area contributed by atoms with Gasteiger partial charge in [0.25, 0.3) is 16.8 Å². The molecule has 2 fully saturated rings. The van der Waals surface area contributed by atoms with E-state index < -0.39 is 10.9 Å². The Balaban J connectivity index is 1.35. The van der Waals surface area contributed by atoms with Crippen molar-refractivity contribution in [3.05, 3.63) is 80.1 Å². The number of morpholine rings is 1. The molecule has 0 radical (unpaired) electrons. The monoisotopic (exact) mass is 490 g/mol. The van der Waals surface area contributed by atoms with Crippen LogP contribution in [0.3, 0.4) is 0 Å². The number of amides is 1. The highest BCUT2D eigenvalue weighted by Crippen LogP contribution is 2.34. The van der Waals surface area contributed by atoms with Crippen molar-refractivity contribution < 1.29 is 14.6 Å². The zero-order valence-corrected chi connectivity index (χ0v) is 20.2. The summed E-state index contributed by atoms with van der Waals surface area (Å²) in [5.74, 6) is -0.529. The molecule has 2 aliphatic heterocycles. The molecular weight excluding hydrogens is 460 g/mol. The fourth-order valence-electron chi connectivity index (χ4n) is 4.98. The Morgan fingerprint density at radius 2 is 1.83 bits per heavy atom. The molecule has 1 amide bonds. The number of aromatic hydroxyl groups is 1. The number of nitrogens with zero attached hydrogens (tertiary/aromatic N) is 2. The summed E-state index contributed by atoms with van der Waals surface area (Å²) in [6, 6.07) is 14.5. The van der Waals surface area contributed by atoms with Gasteiger partial charge in [-0.2, -0.15) is 0 Å². The van der Waals surface area contributed by atoms with E-state index in [-0.39, 0.29) is 46.4 Å². The summed E-state index contributed by atoms with van der Waals surface area (Å²) in [6.45, 7) is 5.99. The van der Waals surface area contributed by atoms with E-state index in [1.165, 1.54) is 0 Å². The molecule has 0 saturated carbocycles. The minimum atomic E-state index is -0.662. The normalized spacial score (nSPS) is 19.0. The molecule has 9 nitrogen and oxygen atoms in total. The number of rotatable bonds is 7. The van der Waals surface area contributed by atoms with Gasteiger partial charge >= 0.3 is 0 Å². The molecule has 0 bridgehead atoms. The number of piperazine rings is 1. The molecule has 2 aliphatic rings. The van der Waals surface area contributed by atoms with E-state index in [0.717, 1.165) is 18.7 Å². The van der Waals surface area contributed by atoms with Gasteiger partial charge < -0.3 is 25.4 Å². The number of phenols is 1. The minimum absolute atomic E-state index is 0.0854. The third kappa shape index (κ3) is 4.47. The van der Waals surface area contributed by atoms with Crippen LogP contribution < -0.4 is 21.5 Å². The topological polar surface area (TPSA) is 111 Å². The minimum Gasteiger partial charge on any atom is -0.505 e. The van der Waals surface area contributed by atoms with Crippen molar-refractivity contribution in [3.8, 4) is 5.75 Å². The van der Waals surface area contributed by atoms with Crippen molar-refractivity contribution in [2.24, 2.45) is 0 Å². The van der Waals surface area contributed by atoms with Crippen LogP contribution in [0.15, 0.2) is 58.1 Å². The first-order valence-corrected chi connectivity index (χ1v) is 12.3. The van der Waals surface area contributed by atoms with E-state index in [0.29, 0.717) is 32.7 Å².